The largest absolute Gasteiger partial charge is 0.383 e. The number of amides is 2. The Bertz CT molecular complexity index is 917. The van der Waals surface area contributed by atoms with Crippen LogP contribution < -0.4 is 21.9 Å². The average Bonchev–Trinajstić information content (AvgIpc) is 2.78. The number of hydrogen-bond acceptors (Lipinski definition) is 6. The minimum Gasteiger partial charge on any atom is -0.383 e. The summed E-state index contributed by atoms with van der Waals surface area (Å²) in [6.07, 6.45) is 5.42. The van der Waals surface area contributed by atoms with Crippen molar-refractivity contribution in [3.8, 4) is 0 Å². The van der Waals surface area contributed by atoms with Gasteiger partial charge in [0.2, 0.25) is 11.8 Å². The van der Waals surface area contributed by atoms with Crippen molar-refractivity contribution >= 4 is 23.3 Å². The van der Waals surface area contributed by atoms with Crippen LogP contribution >= 0.6 is 0 Å². The first kappa shape index (κ1) is 26.6. The summed E-state index contributed by atoms with van der Waals surface area (Å²) in [6.45, 7) is 6.95. The van der Waals surface area contributed by atoms with E-state index in [1.165, 1.54) is 23.0 Å². The van der Waals surface area contributed by atoms with Crippen molar-refractivity contribution in [2.75, 3.05) is 37.4 Å². The van der Waals surface area contributed by atoms with Crippen molar-refractivity contribution in [2.24, 2.45) is 5.92 Å². The molecule has 186 valence electrons. The predicted octanol–water partition coefficient (Wildman–Crippen LogP) is 1.72. The molecule has 0 saturated heterocycles. The smallest absolute Gasteiger partial charge is 0.330 e. The third-order valence-corrected chi connectivity index (χ3v) is 6.08. The molecule has 0 aliphatic heterocycles. The number of methoxy groups -OCH3 is 1. The van der Waals surface area contributed by atoms with E-state index >= 15 is 0 Å². The van der Waals surface area contributed by atoms with E-state index in [9.17, 15) is 19.2 Å². The first-order valence-corrected chi connectivity index (χ1v) is 11.9. The fourth-order valence-corrected chi connectivity index (χ4v) is 4.45. The summed E-state index contributed by atoms with van der Waals surface area (Å²) in [5.41, 5.74) is 4.77. The minimum absolute atomic E-state index is 0.0517. The maximum absolute atomic E-state index is 13.2. The molecule has 2 rings (SSSR count). The number of rotatable bonds is 11. The standard InChI is InChI=1S/C23H39N5O5/c1-5-26(17-9-7-6-8-10-17)18(29)11-12-19(30)27(13-14-33-4)20-21(24)28(15-16(2)3)23(32)25-22(20)31/h16-17H,5-15,24H2,1-4H3,(H,25,31,32). The van der Waals surface area contributed by atoms with Crippen LogP contribution in [0.25, 0.3) is 0 Å². The predicted molar refractivity (Wildman–Crippen MR) is 128 cm³/mol. The Morgan fingerprint density at radius 1 is 1.15 bits per heavy atom. The second kappa shape index (κ2) is 12.6. The lowest BCUT2D eigenvalue weighted by atomic mass is 9.94. The van der Waals surface area contributed by atoms with E-state index in [0.29, 0.717) is 13.1 Å². The van der Waals surface area contributed by atoms with E-state index in [-0.39, 0.29) is 55.4 Å². The molecule has 0 bridgehead atoms. The maximum Gasteiger partial charge on any atom is 0.330 e. The summed E-state index contributed by atoms with van der Waals surface area (Å²) in [4.78, 5) is 56.4. The Kier molecular flexibility index (Phi) is 10.1. The van der Waals surface area contributed by atoms with Gasteiger partial charge in [0, 0.05) is 45.6 Å². The lowest BCUT2D eigenvalue weighted by molar-refractivity contribution is -0.135. The Hall–Kier alpha value is -2.62. The zero-order chi connectivity index (χ0) is 24.5. The van der Waals surface area contributed by atoms with Gasteiger partial charge in [-0.05, 0) is 25.7 Å². The number of aromatic nitrogens is 2. The monoisotopic (exact) mass is 465 g/mol. The van der Waals surface area contributed by atoms with Crippen molar-refractivity contribution in [3.63, 3.8) is 0 Å². The molecule has 10 nitrogen and oxygen atoms in total. The molecule has 1 aromatic rings. The Labute approximate surface area is 195 Å². The van der Waals surface area contributed by atoms with Gasteiger partial charge in [-0.2, -0.15) is 0 Å². The van der Waals surface area contributed by atoms with Gasteiger partial charge in [0.05, 0.1) is 6.61 Å². The normalized spacial score (nSPS) is 14.5. The zero-order valence-electron chi connectivity index (χ0n) is 20.4. The molecule has 1 fully saturated rings. The van der Waals surface area contributed by atoms with Gasteiger partial charge in [0.25, 0.3) is 5.56 Å². The highest BCUT2D eigenvalue weighted by Crippen LogP contribution is 2.24. The summed E-state index contributed by atoms with van der Waals surface area (Å²) in [5.74, 6) is -0.432. The molecule has 3 N–H and O–H groups in total. The Morgan fingerprint density at radius 3 is 2.36 bits per heavy atom. The molecule has 1 heterocycles. The molecule has 1 saturated carbocycles. The second-order valence-electron chi connectivity index (χ2n) is 9.01. The number of ether oxygens (including phenoxy) is 1. The van der Waals surface area contributed by atoms with Crippen LogP contribution in [0, 0.1) is 5.92 Å². The number of aromatic amines is 1. The lowest BCUT2D eigenvalue weighted by Crippen LogP contribution is -2.44. The summed E-state index contributed by atoms with van der Waals surface area (Å²) in [5, 5.41) is 0. The molecule has 0 spiro atoms. The average molecular weight is 466 g/mol. The first-order chi connectivity index (χ1) is 15.7. The van der Waals surface area contributed by atoms with Gasteiger partial charge >= 0.3 is 5.69 Å². The van der Waals surface area contributed by atoms with E-state index in [0.717, 1.165) is 25.7 Å². The molecule has 0 aromatic carbocycles. The van der Waals surface area contributed by atoms with E-state index in [1.54, 1.807) is 0 Å². The molecular weight excluding hydrogens is 426 g/mol. The highest BCUT2D eigenvalue weighted by Gasteiger charge is 2.27. The van der Waals surface area contributed by atoms with Crippen LogP contribution in [0.3, 0.4) is 0 Å². The topological polar surface area (TPSA) is 131 Å². The molecular formula is C23H39N5O5. The van der Waals surface area contributed by atoms with Gasteiger partial charge in [0.1, 0.15) is 5.82 Å². The second-order valence-corrected chi connectivity index (χ2v) is 9.01. The van der Waals surface area contributed by atoms with Gasteiger partial charge in [0.15, 0.2) is 5.69 Å². The Balaban J connectivity index is 2.24. The van der Waals surface area contributed by atoms with Crippen molar-refractivity contribution in [2.45, 2.75) is 78.3 Å². The summed E-state index contributed by atoms with van der Waals surface area (Å²) in [6, 6.07) is 0.231. The van der Waals surface area contributed by atoms with Crippen LogP contribution in [0.4, 0.5) is 11.5 Å². The van der Waals surface area contributed by atoms with Crippen molar-refractivity contribution in [1.29, 1.82) is 0 Å². The highest BCUT2D eigenvalue weighted by atomic mass is 16.5. The van der Waals surface area contributed by atoms with Crippen LogP contribution in [0.15, 0.2) is 9.59 Å². The third kappa shape index (κ3) is 6.93. The van der Waals surface area contributed by atoms with Crippen molar-refractivity contribution in [1.82, 2.24) is 14.5 Å². The van der Waals surface area contributed by atoms with Gasteiger partial charge in [-0.1, -0.05) is 33.1 Å². The van der Waals surface area contributed by atoms with E-state index in [2.05, 4.69) is 4.98 Å². The molecule has 0 atom stereocenters. The first-order valence-electron chi connectivity index (χ1n) is 11.9. The molecule has 2 amide bonds. The van der Waals surface area contributed by atoms with Crippen molar-refractivity contribution in [3.05, 3.63) is 20.8 Å². The molecule has 0 radical (unpaired) electrons. The van der Waals surface area contributed by atoms with Gasteiger partial charge in [-0.3, -0.25) is 23.9 Å². The number of nitrogen functional groups attached to an aromatic ring is 1. The van der Waals surface area contributed by atoms with Crippen LogP contribution in [0.5, 0.6) is 0 Å². The van der Waals surface area contributed by atoms with Crippen LogP contribution in [-0.2, 0) is 20.9 Å². The summed E-state index contributed by atoms with van der Waals surface area (Å²) in [7, 11) is 1.49. The fraction of sp³-hybridized carbons (Fsp3) is 0.739. The van der Waals surface area contributed by atoms with Crippen LogP contribution in [-0.4, -0.2) is 59.1 Å². The number of carbonyl (C=O) groups is 2. The van der Waals surface area contributed by atoms with E-state index in [4.69, 9.17) is 10.5 Å². The van der Waals surface area contributed by atoms with Crippen LogP contribution in [0.1, 0.15) is 65.7 Å². The van der Waals surface area contributed by atoms with Gasteiger partial charge in [-0.15, -0.1) is 0 Å². The molecule has 1 aliphatic carbocycles. The maximum atomic E-state index is 13.2. The number of nitrogens with zero attached hydrogens (tertiary/aromatic N) is 3. The van der Waals surface area contributed by atoms with Gasteiger partial charge < -0.3 is 20.3 Å². The van der Waals surface area contributed by atoms with E-state index < -0.39 is 17.2 Å². The molecule has 10 heteroatoms. The summed E-state index contributed by atoms with van der Waals surface area (Å²) >= 11 is 0. The highest BCUT2D eigenvalue weighted by molar-refractivity contribution is 5.97. The fourth-order valence-electron chi connectivity index (χ4n) is 4.45. The molecule has 1 aromatic heterocycles. The summed E-state index contributed by atoms with van der Waals surface area (Å²) < 4.78 is 6.38. The SMILES string of the molecule is CCN(C(=O)CCC(=O)N(CCOC)c1c(N)n(CC(C)C)c(=O)[nH]c1=O)C1CCCCC1. The third-order valence-electron chi connectivity index (χ3n) is 6.08. The number of carbonyl (C=O) groups excluding carboxylic acids is 2. The lowest BCUT2D eigenvalue weighted by Gasteiger charge is -2.34. The van der Waals surface area contributed by atoms with E-state index in [1.807, 2.05) is 25.7 Å². The van der Waals surface area contributed by atoms with Crippen molar-refractivity contribution < 1.29 is 14.3 Å². The molecule has 0 unspecified atom stereocenters. The Morgan fingerprint density at radius 2 is 1.79 bits per heavy atom. The number of H-pyrrole nitrogens is 1. The number of nitrogens with one attached hydrogen (secondary N) is 1. The molecule has 1 aliphatic rings. The number of nitrogens with two attached hydrogens (primary N) is 1. The quantitative estimate of drug-likeness (QED) is 0.512. The zero-order valence-corrected chi connectivity index (χ0v) is 20.4. The number of hydrogen-bond donors (Lipinski definition) is 2. The minimum atomic E-state index is -0.731. The number of anilines is 2. The molecule has 33 heavy (non-hydrogen) atoms. The van der Waals surface area contributed by atoms with Gasteiger partial charge in [-0.25, -0.2) is 4.79 Å². The van der Waals surface area contributed by atoms with Crippen LogP contribution in [0.2, 0.25) is 0 Å².